The molecule has 0 unspecified atom stereocenters. The lowest BCUT2D eigenvalue weighted by Crippen LogP contribution is -2.19. The summed E-state index contributed by atoms with van der Waals surface area (Å²) in [4.78, 5) is 0. The summed E-state index contributed by atoms with van der Waals surface area (Å²) in [6.07, 6.45) is 0. The van der Waals surface area contributed by atoms with Crippen LogP contribution in [-0.4, -0.2) is 18.8 Å². The minimum Gasteiger partial charge on any atom is -0.394 e. The lowest BCUT2D eigenvalue weighted by atomic mass is 10.1. The van der Waals surface area contributed by atoms with E-state index in [4.69, 9.17) is 5.11 Å². The van der Waals surface area contributed by atoms with Gasteiger partial charge in [-0.15, -0.1) is 0 Å². The van der Waals surface area contributed by atoms with E-state index in [0.29, 0.717) is 0 Å². The fourth-order valence-corrected chi connectivity index (χ4v) is 1.32. The molecule has 1 atom stereocenters. The van der Waals surface area contributed by atoms with Gasteiger partial charge >= 0.3 is 0 Å². The number of likely N-dealkylation sites (N-methyl/N-ethyl adjacent to an activating group) is 1. The van der Waals surface area contributed by atoms with E-state index in [2.05, 4.69) is 21.2 Å². The molecule has 0 heterocycles. The van der Waals surface area contributed by atoms with Crippen LogP contribution in [0.1, 0.15) is 11.6 Å². The Morgan fingerprint density at radius 2 is 2.00 bits per heavy atom. The van der Waals surface area contributed by atoms with E-state index in [1.807, 2.05) is 31.3 Å². The van der Waals surface area contributed by atoms with Gasteiger partial charge in [0.1, 0.15) is 0 Å². The van der Waals surface area contributed by atoms with Crippen LogP contribution in [0.5, 0.6) is 0 Å². The summed E-state index contributed by atoms with van der Waals surface area (Å²) in [5, 5.41) is 12.0. The molecule has 1 rings (SSSR count). The lowest BCUT2D eigenvalue weighted by Gasteiger charge is -2.12. The summed E-state index contributed by atoms with van der Waals surface area (Å²) in [7, 11) is 1.84. The van der Waals surface area contributed by atoms with Gasteiger partial charge < -0.3 is 10.4 Å². The molecule has 0 aliphatic rings. The maximum atomic E-state index is 8.97. The highest BCUT2D eigenvalue weighted by molar-refractivity contribution is 9.10. The Labute approximate surface area is 80.7 Å². The number of halogens is 1. The molecule has 0 saturated heterocycles. The number of hydrogen-bond acceptors (Lipinski definition) is 2. The second-order valence-electron chi connectivity index (χ2n) is 2.58. The van der Waals surface area contributed by atoms with Crippen LogP contribution in [-0.2, 0) is 0 Å². The summed E-state index contributed by atoms with van der Waals surface area (Å²) in [6, 6.07) is 7.95. The first kappa shape index (κ1) is 9.71. The van der Waals surface area contributed by atoms with Crippen LogP contribution in [0.3, 0.4) is 0 Å². The van der Waals surface area contributed by atoms with Gasteiger partial charge in [0.2, 0.25) is 0 Å². The van der Waals surface area contributed by atoms with Gasteiger partial charge in [-0.3, -0.25) is 0 Å². The Bertz CT molecular complexity index is 231. The van der Waals surface area contributed by atoms with Crippen molar-refractivity contribution in [3.63, 3.8) is 0 Å². The summed E-state index contributed by atoms with van der Waals surface area (Å²) >= 11 is 3.36. The van der Waals surface area contributed by atoms with Gasteiger partial charge in [0.05, 0.1) is 12.6 Å². The van der Waals surface area contributed by atoms with Crippen LogP contribution < -0.4 is 5.32 Å². The molecule has 3 heteroatoms. The fraction of sp³-hybridized carbons (Fsp3) is 0.333. The smallest absolute Gasteiger partial charge is 0.0626 e. The maximum absolute atomic E-state index is 8.97. The van der Waals surface area contributed by atoms with Crippen molar-refractivity contribution >= 4 is 15.9 Å². The van der Waals surface area contributed by atoms with Crippen LogP contribution in [0.15, 0.2) is 28.7 Å². The number of rotatable bonds is 3. The van der Waals surface area contributed by atoms with Crippen molar-refractivity contribution in [3.05, 3.63) is 34.3 Å². The summed E-state index contributed by atoms with van der Waals surface area (Å²) in [5.74, 6) is 0. The van der Waals surface area contributed by atoms with Crippen molar-refractivity contribution in [3.8, 4) is 0 Å². The largest absolute Gasteiger partial charge is 0.394 e. The quantitative estimate of drug-likeness (QED) is 0.828. The zero-order chi connectivity index (χ0) is 8.97. The van der Waals surface area contributed by atoms with E-state index < -0.39 is 0 Å². The SMILES string of the molecule is CN[C@H](CO)c1ccc(Br)cc1. The molecule has 0 aliphatic carbocycles. The van der Waals surface area contributed by atoms with Gasteiger partial charge in [0.25, 0.3) is 0 Å². The molecule has 0 aliphatic heterocycles. The van der Waals surface area contributed by atoms with E-state index in [0.717, 1.165) is 10.0 Å². The van der Waals surface area contributed by atoms with E-state index >= 15 is 0 Å². The molecule has 1 aromatic carbocycles. The highest BCUT2D eigenvalue weighted by Crippen LogP contribution is 2.15. The van der Waals surface area contributed by atoms with Crippen molar-refractivity contribution in [1.29, 1.82) is 0 Å². The van der Waals surface area contributed by atoms with Crippen LogP contribution in [0.2, 0.25) is 0 Å². The van der Waals surface area contributed by atoms with Gasteiger partial charge in [-0.1, -0.05) is 28.1 Å². The fourth-order valence-electron chi connectivity index (χ4n) is 1.06. The number of hydrogen-bond donors (Lipinski definition) is 2. The molecule has 0 bridgehead atoms. The molecular formula is C9H12BrNO. The molecule has 0 saturated carbocycles. The average molecular weight is 230 g/mol. The molecular weight excluding hydrogens is 218 g/mol. The van der Waals surface area contributed by atoms with Gasteiger partial charge in [-0.05, 0) is 24.7 Å². The van der Waals surface area contributed by atoms with E-state index in [1.54, 1.807) is 0 Å². The van der Waals surface area contributed by atoms with Crippen LogP contribution >= 0.6 is 15.9 Å². The van der Waals surface area contributed by atoms with E-state index in [9.17, 15) is 0 Å². The Morgan fingerprint density at radius 3 is 2.42 bits per heavy atom. The predicted molar refractivity (Wildman–Crippen MR) is 53.0 cm³/mol. The molecule has 1 aromatic rings. The second-order valence-corrected chi connectivity index (χ2v) is 3.49. The Hall–Kier alpha value is -0.380. The van der Waals surface area contributed by atoms with Crippen molar-refractivity contribution in [2.75, 3.05) is 13.7 Å². The zero-order valence-electron chi connectivity index (χ0n) is 6.92. The van der Waals surface area contributed by atoms with Crippen LogP contribution in [0.4, 0.5) is 0 Å². The highest BCUT2D eigenvalue weighted by atomic mass is 79.9. The topological polar surface area (TPSA) is 32.3 Å². The third-order valence-corrected chi connectivity index (χ3v) is 2.33. The van der Waals surface area contributed by atoms with Crippen molar-refractivity contribution in [2.45, 2.75) is 6.04 Å². The lowest BCUT2D eigenvalue weighted by molar-refractivity contribution is 0.251. The van der Waals surface area contributed by atoms with Crippen molar-refractivity contribution in [2.24, 2.45) is 0 Å². The summed E-state index contributed by atoms with van der Waals surface area (Å²) in [6.45, 7) is 0.123. The summed E-state index contributed by atoms with van der Waals surface area (Å²) in [5.41, 5.74) is 1.10. The molecule has 66 valence electrons. The molecule has 2 N–H and O–H groups in total. The molecule has 12 heavy (non-hydrogen) atoms. The zero-order valence-corrected chi connectivity index (χ0v) is 8.51. The molecule has 0 fully saturated rings. The first-order chi connectivity index (χ1) is 5.77. The van der Waals surface area contributed by atoms with Gasteiger partial charge in [-0.25, -0.2) is 0 Å². The minimum atomic E-state index is 0.0399. The number of nitrogens with one attached hydrogen (secondary N) is 1. The Kier molecular flexibility index (Phi) is 3.72. The Balaban J connectivity index is 2.80. The molecule has 0 spiro atoms. The van der Waals surface area contributed by atoms with Crippen LogP contribution in [0.25, 0.3) is 0 Å². The highest BCUT2D eigenvalue weighted by Gasteiger charge is 2.05. The van der Waals surface area contributed by atoms with Crippen LogP contribution in [0, 0.1) is 0 Å². The van der Waals surface area contributed by atoms with Gasteiger partial charge in [0, 0.05) is 4.47 Å². The molecule has 0 amide bonds. The second kappa shape index (κ2) is 4.60. The molecule has 0 aromatic heterocycles. The number of aliphatic hydroxyl groups excluding tert-OH is 1. The van der Waals surface area contributed by atoms with E-state index in [1.165, 1.54) is 0 Å². The monoisotopic (exact) mass is 229 g/mol. The minimum absolute atomic E-state index is 0.0399. The standard InChI is InChI=1S/C9H12BrNO/c1-11-9(6-12)7-2-4-8(10)5-3-7/h2-5,9,11-12H,6H2,1H3/t9-/m1/s1. The first-order valence-corrected chi connectivity index (χ1v) is 4.61. The number of benzene rings is 1. The first-order valence-electron chi connectivity index (χ1n) is 3.81. The van der Waals surface area contributed by atoms with E-state index in [-0.39, 0.29) is 12.6 Å². The third kappa shape index (κ3) is 2.30. The third-order valence-electron chi connectivity index (χ3n) is 1.80. The maximum Gasteiger partial charge on any atom is 0.0626 e. The van der Waals surface area contributed by atoms with Crippen molar-refractivity contribution < 1.29 is 5.11 Å². The van der Waals surface area contributed by atoms with Crippen molar-refractivity contribution in [1.82, 2.24) is 5.32 Å². The van der Waals surface area contributed by atoms with Gasteiger partial charge in [0.15, 0.2) is 0 Å². The Morgan fingerprint density at radius 1 is 1.42 bits per heavy atom. The van der Waals surface area contributed by atoms with Gasteiger partial charge in [-0.2, -0.15) is 0 Å². The predicted octanol–water partition coefficient (Wildman–Crippen LogP) is 1.70. The normalized spacial score (nSPS) is 12.9. The molecule has 0 radical (unpaired) electrons. The average Bonchev–Trinajstić information content (AvgIpc) is 2.10. The summed E-state index contributed by atoms with van der Waals surface area (Å²) < 4.78 is 1.05. The number of aliphatic hydroxyl groups is 1. The molecule has 2 nitrogen and oxygen atoms in total.